The molecule has 2 aromatic carbocycles. The van der Waals surface area contributed by atoms with Gasteiger partial charge in [0, 0.05) is 37.3 Å². The van der Waals surface area contributed by atoms with E-state index in [1.54, 1.807) is 19.9 Å². The Bertz CT molecular complexity index is 1020. The molecule has 6 nitrogen and oxygen atoms in total. The average molecular weight is 452 g/mol. The predicted octanol–water partition coefficient (Wildman–Crippen LogP) is 3.05. The van der Waals surface area contributed by atoms with Crippen molar-refractivity contribution in [3.05, 3.63) is 65.2 Å². The number of carbonyl (C=O) groups is 1. The van der Waals surface area contributed by atoms with Gasteiger partial charge in [-0.05, 0) is 68.7 Å². The van der Waals surface area contributed by atoms with Gasteiger partial charge in [-0.3, -0.25) is 9.69 Å². The van der Waals surface area contributed by atoms with Crippen molar-refractivity contribution in [1.82, 2.24) is 14.9 Å². The molecule has 1 amide bonds. The Morgan fingerprint density at radius 2 is 1.71 bits per heavy atom. The molecule has 0 atom stereocenters. The molecule has 31 heavy (non-hydrogen) atoms. The van der Waals surface area contributed by atoms with Crippen LogP contribution in [-0.4, -0.2) is 44.4 Å². The van der Waals surface area contributed by atoms with Gasteiger partial charge in [0.15, 0.2) is 11.6 Å². The average Bonchev–Trinajstić information content (AvgIpc) is 2.71. The van der Waals surface area contributed by atoms with E-state index in [1.807, 2.05) is 0 Å². The Morgan fingerprint density at radius 3 is 2.29 bits per heavy atom. The van der Waals surface area contributed by atoms with Crippen LogP contribution in [0.4, 0.5) is 8.78 Å². The Kier molecular flexibility index (Phi) is 7.40. The van der Waals surface area contributed by atoms with E-state index >= 15 is 0 Å². The van der Waals surface area contributed by atoms with Gasteiger partial charge in [-0.2, -0.15) is 0 Å². The molecular weight excluding hydrogens is 424 g/mol. The van der Waals surface area contributed by atoms with E-state index in [0.717, 1.165) is 32.0 Å². The summed E-state index contributed by atoms with van der Waals surface area (Å²) in [5.74, 6) is -1.95. The SMILES string of the molecule is CC(C)NS(=O)(=O)c1ccc(C(=O)NC2CCN(Cc3ccc(F)c(F)c3)CC2)cc1. The van der Waals surface area contributed by atoms with E-state index in [-0.39, 0.29) is 22.9 Å². The second-order valence-electron chi connectivity index (χ2n) is 8.07. The molecule has 2 aromatic rings. The van der Waals surface area contributed by atoms with Crippen LogP contribution in [0.2, 0.25) is 0 Å². The zero-order valence-corrected chi connectivity index (χ0v) is 18.4. The van der Waals surface area contributed by atoms with Gasteiger partial charge in [0.1, 0.15) is 0 Å². The number of likely N-dealkylation sites (tertiary alicyclic amines) is 1. The fraction of sp³-hybridized carbons (Fsp3) is 0.409. The normalized spacial score (nSPS) is 15.9. The van der Waals surface area contributed by atoms with Crippen molar-refractivity contribution < 1.29 is 22.0 Å². The molecule has 1 fully saturated rings. The van der Waals surface area contributed by atoms with Crippen molar-refractivity contribution in [3.63, 3.8) is 0 Å². The second kappa shape index (κ2) is 9.84. The fourth-order valence-electron chi connectivity index (χ4n) is 3.56. The minimum atomic E-state index is -3.60. The maximum absolute atomic E-state index is 13.4. The van der Waals surface area contributed by atoms with Crippen LogP contribution in [0.25, 0.3) is 0 Å². The van der Waals surface area contributed by atoms with Gasteiger partial charge in [-0.1, -0.05) is 6.07 Å². The molecule has 1 aliphatic rings. The van der Waals surface area contributed by atoms with Gasteiger partial charge in [-0.15, -0.1) is 0 Å². The maximum Gasteiger partial charge on any atom is 0.251 e. The highest BCUT2D eigenvalue weighted by Crippen LogP contribution is 2.17. The fourth-order valence-corrected chi connectivity index (χ4v) is 4.82. The highest BCUT2D eigenvalue weighted by Gasteiger charge is 2.22. The van der Waals surface area contributed by atoms with Crippen LogP contribution in [-0.2, 0) is 16.6 Å². The summed E-state index contributed by atoms with van der Waals surface area (Å²) in [6.07, 6.45) is 1.47. The minimum Gasteiger partial charge on any atom is -0.349 e. The van der Waals surface area contributed by atoms with Crippen molar-refractivity contribution in [2.45, 2.75) is 50.2 Å². The third kappa shape index (κ3) is 6.32. The molecule has 0 bridgehead atoms. The molecule has 2 N–H and O–H groups in total. The zero-order valence-electron chi connectivity index (χ0n) is 17.6. The van der Waals surface area contributed by atoms with Crippen LogP contribution < -0.4 is 10.0 Å². The molecule has 168 valence electrons. The summed E-state index contributed by atoms with van der Waals surface area (Å²) in [6.45, 7) is 5.45. The summed E-state index contributed by atoms with van der Waals surface area (Å²) in [4.78, 5) is 14.8. The molecule has 0 aromatic heterocycles. The number of rotatable bonds is 7. The highest BCUT2D eigenvalue weighted by atomic mass is 32.2. The van der Waals surface area contributed by atoms with Crippen LogP contribution in [0.15, 0.2) is 47.4 Å². The van der Waals surface area contributed by atoms with Gasteiger partial charge in [0.25, 0.3) is 5.91 Å². The monoisotopic (exact) mass is 451 g/mol. The molecule has 0 saturated carbocycles. The number of hydrogen-bond acceptors (Lipinski definition) is 4. The molecule has 0 unspecified atom stereocenters. The highest BCUT2D eigenvalue weighted by molar-refractivity contribution is 7.89. The van der Waals surface area contributed by atoms with Crippen molar-refractivity contribution in [2.75, 3.05) is 13.1 Å². The molecular formula is C22H27F2N3O3S. The lowest BCUT2D eigenvalue weighted by Gasteiger charge is -2.32. The quantitative estimate of drug-likeness (QED) is 0.678. The van der Waals surface area contributed by atoms with E-state index in [0.29, 0.717) is 17.7 Å². The summed E-state index contributed by atoms with van der Waals surface area (Å²) >= 11 is 0. The van der Waals surface area contributed by atoms with Gasteiger partial charge in [0.2, 0.25) is 10.0 Å². The Hall–Kier alpha value is -2.36. The largest absolute Gasteiger partial charge is 0.349 e. The number of hydrogen-bond donors (Lipinski definition) is 2. The van der Waals surface area contributed by atoms with Crippen molar-refractivity contribution in [3.8, 4) is 0 Å². The van der Waals surface area contributed by atoms with Crippen LogP contribution in [0.3, 0.4) is 0 Å². The lowest BCUT2D eigenvalue weighted by molar-refractivity contribution is 0.0908. The van der Waals surface area contributed by atoms with Crippen LogP contribution in [0.1, 0.15) is 42.6 Å². The number of nitrogens with zero attached hydrogens (tertiary/aromatic N) is 1. The van der Waals surface area contributed by atoms with E-state index in [4.69, 9.17) is 0 Å². The first-order valence-corrected chi connectivity index (χ1v) is 11.7. The van der Waals surface area contributed by atoms with Crippen LogP contribution in [0.5, 0.6) is 0 Å². The number of halogens is 2. The second-order valence-corrected chi connectivity index (χ2v) is 9.79. The Labute approximate surface area is 181 Å². The lowest BCUT2D eigenvalue weighted by atomic mass is 10.0. The summed E-state index contributed by atoms with van der Waals surface area (Å²) in [6, 6.07) is 9.54. The first-order valence-electron chi connectivity index (χ1n) is 10.2. The lowest BCUT2D eigenvalue weighted by Crippen LogP contribution is -2.44. The summed E-state index contributed by atoms with van der Waals surface area (Å²) in [5.41, 5.74) is 1.11. The number of nitrogens with one attached hydrogen (secondary N) is 2. The van der Waals surface area contributed by atoms with Crippen molar-refractivity contribution in [1.29, 1.82) is 0 Å². The van der Waals surface area contributed by atoms with Crippen molar-refractivity contribution in [2.24, 2.45) is 0 Å². The summed E-state index contributed by atoms with van der Waals surface area (Å²) in [7, 11) is -3.60. The third-order valence-electron chi connectivity index (χ3n) is 5.13. The van der Waals surface area contributed by atoms with E-state index < -0.39 is 21.7 Å². The number of sulfonamides is 1. The summed E-state index contributed by atoms with van der Waals surface area (Å²) in [5, 5.41) is 2.99. The molecule has 0 aliphatic carbocycles. The smallest absolute Gasteiger partial charge is 0.251 e. The number of piperidine rings is 1. The molecule has 0 radical (unpaired) electrons. The van der Waals surface area contributed by atoms with Gasteiger partial charge < -0.3 is 5.32 Å². The van der Waals surface area contributed by atoms with Crippen LogP contribution in [0, 0.1) is 11.6 Å². The summed E-state index contributed by atoms with van der Waals surface area (Å²) < 4.78 is 53.3. The van der Waals surface area contributed by atoms with E-state index in [1.165, 1.54) is 30.3 Å². The number of amides is 1. The molecule has 1 heterocycles. The standard InChI is InChI=1S/C22H27F2N3O3S/c1-15(2)26-31(29,30)19-6-4-17(5-7-19)22(28)25-18-9-11-27(12-10-18)14-16-3-8-20(23)21(24)13-16/h3-8,13,15,18,26H,9-12,14H2,1-2H3,(H,25,28). The molecule has 0 spiro atoms. The zero-order chi connectivity index (χ0) is 22.6. The third-order valence-corrected chi connectivity index (χ3v) is 6.81. The first-order chi connectivity index (χ1) is 14.6. The Morgan fingerprint density at radius 1 is 1.06 bits per heavy atom. The van der Waals surface area contributed by atoms with Crippen molar-refractivity contribution >= 4 is 15.9 Å². The minimum absolute atomic E-state index is 0.000259. The number of carbonyl (C=O) groups excluding carboxylic acids is 1. The maximum atomic E-state index is 13.4. The molecule has 1 aliphatic heterocycles. The molecule has 3 rings (SSSR count). The van der Waals surface area contributed by atoms with Crippen LogP contribution >= 0.6 is 0 Å². The first kappa shape index (κ1) is 23.3. The number of benzene rings is 2. The molecule has 9 heteroatoms. The molecule has 1 saturated heterocycles. The topological polar surface area (TPSA) is 78.5 Å². The van der Waals surface area contributed by atoms with Gasteiger partial charge >= 0.3 is 0 Å². The predicted molar refractivity (Wildman–Crippen MR) is 114 cm³/mol. The Balaban J connectivity index is 1.51. The van der Waals surface area contributed by atoms with Gasteiger partial charge in [0.05, 0.1) is 4.90 Å². The van der Waals surface area contributed by atoms with Gasteiger partial charge in [-0.25, -0.2) is 21.9 Å². The van der Waals surface area contributed by atoms with E-state index in [2.05, 4.69) is 14.9 Å². The van der Waals surface area contributed by atoms with E-state index in [9.17, 15) is 22.0 Å².